The number of ether oxygens (including phenoxy) is 2. The topological polar surface area (TPSA) is 59.0 Å². The molecular weight excluding hydrogens is 270 g/mol. The van der Waals surface area contributed by atoms with E-state index in [0.717, 1.165) is 0 Å². The molecule has 2 aromatic carbocycles. The van der Waals surface area contributed by atoms with Gasteiger partial charge in [-0.3, -0.25) is 4.79 Å². The van der Waals surface area contributed by atoms with E-state index in [9.17, 15) is 9.90 Å². The first kappa shape index (κ1) is 14.7. The van der Waals surface area contributed by atoms with Crippen LogP contribution in [0, 0.1) is 0 Å². The Hall–Kier alpha value is -2.69. The van der Waals surface area contributed by atoms with Crippen molar-refractivity contribution >= 4 is 11.6 Å². The predicted molar refractivity (Wildman–Crippen MR) is 80.4 cm³/mol. The average molecular weight is 287 g/mol. The second-order valence-corrected chi connectivity index (χ2v) is 4.45. The highest BCUT2D eigenvalue weighted by atomic mass is 16.5. The first-order valence-electron chi connectivity index (χ1n) is 6.36. The fraction of sp³-hybridized carbons (Fsp3) is 0.188. The van der Waals surface area contributed by atoms with E-state index in [-0.39, 0.29) is 11.7 Å². The quantitative estimate of drug-likeness (QED) is 0.939. The highest BCUT2D eigenvalue weighted by Crippen LogP contribution is 2.27. The van der Waals surface area contributed by atoms with Crippen molar-refractivity contribution in [2.24, 2.45) is 0 Å². The molecule has 110 valence electrons. The maximum atomic E-state index is 12.6. The maximum Gasteiger partial charge on any atom is 0.261 e. The van der Waals surface area contributed by atoms with Crippen molar-refractivity contribution in [1.82, 2.24) is 0 Å². The lowest BCUT2D eigenvalue weighted by atomic mass is 10.1. The van der Waals surface area contributed by atoms with Crippen molar-refractivity contribution in [3.05, 3.63) is 48.0 Å². The summed E-state index contributed by atoms with van der Waals surface area (Å²) in [5.74, 6) is 0.920. The van der Waals surface area contributed by atoms with E-state index >= 15 is 0 Å². The van der Waals surface area contributed by atoms with Crippen LogP contribution in [0.2, 0.25) is 0 Å². The van der Waals surface area contributed by atoms with Gasteiger partial charge in [0, 0.05) is 24.9 Å². The fourth-order valence-corrected chi connectivity index (χ4v) is 1.97. The Balaban J connectivity index is 2.35. The summed E-state index contributed by atoms with van der Waals surface area (Å²) in [6, 6.07) is 11.5. The van der Waals surface area contributed by atoms with E-state index in [1.807, 2.05) is 0 Å². The van der Waals surface area contributed by atoms with Gasteiger partial charge in [0.05, 0.1) is 19.8 Å². The van der Waals surface area contributed by atoms with Crippen LogP contribution < -0.4 is 14.4 Å². The Bertz CT molecular complexity index is 654. The molecule has 0 bridgehead atoms. The number of anilines is 1. The van der Waals surface area contributed by atoms with E-state index in [4.69, 9.17) is 9.47 Å². The smallest absolute Gasteiger partial charge is 0.261 e. The standard InChI is InChI=1S/C16H17NO4/c1-17(11-5-4-6-12(18)9-11)16(19)14-8-7-13(20-2)10-15(14)21-3/h4-10,18H,1-3H3. The van der Waals surface area contributed by atoms with Gasteiger partial charge in [-0.25, -0.2) is 0 Å². The minimum Gasteiger partial charge on any atom is -0.508 e. The zero-order chi connectivity index (χ0) is 15.4. The van der Waals surface area contributed by atoms with Gasteiger partial charge in [-0.05, 0) is 24.3 Å². The molecule has 21 heavy (non-hydrogen) atoms. The summed E-state index contributed by atoms with van der Waals surface area (Å²) < 4.78 is 10.4. The zero-order valence-electron chi connectivity index (χ0n) is 12.2. The largest absolute Gasteiger partial charge is 0.508 e. The van der Waals surface area contributed by atoms with E-state index in [1.54, 1.807) is 50.6 Å². The third-order valence-electron chi connectivity index (χ3n) is 3.16. The van der Waals surface area contributed by atoms with Crippen LogP contribution in [0.15, 0.2) is 42.5 Å². The molecule has 1 amide bonds. The van der Waals surface area contributed by atoms with Gasteiger partial charge in [-0.15, -0.1) is 0 Å². The molecule has 0 fully saturated rings. The van der Waals surface area contributed by atoms with E-state index < -0.39 is 0 Å². The van der Waals surface area contributed by atoms with Crippen LogP contribution in [0.3, 0.4) is 0 Å². The molecule has 0 unspecified atom stereocenters. The molecule has 0 aliphatic carbocycles. The van der Waals surface area contributed by atoms with Crippen LogP contribution in [0.25, 0.3) is 0 Å². The third kappa shape index (κ3) is 3.08. The van der Waals surface area contributed by atoms with Gasteiger partial charge < -0.3 is 19.5 Å². The first-order valence-corrected chi connectivity index (χ1v) is 6.36. The third-order valence-corrected chi connectivity index (χ3v) is 3.16. The van der Waals surface area contributed by atoms with E-state index in [0.29, 0.717) is 22.7 Å². The number of carbonyl (C=O) groups excluding carboxylic acids is 1. The van der Waals surface area contributed by atoms with Gasteiger partial charge >= 0.3 is 0 Å². The van der Waals surface area contributed by atoms with Gasteiger partial charge in [0.25, 0.3) is 5.91 Å². The summed E-state index contributed by atoms with van der Waals surface area (Å²) >= 11 is 0. The second-order valence-electron chi connectivity index (χ2n) is 4.45. The Morgan fingerprint density at radius 3 is 2.48 bits per heavy atom. The number of hydrogen-bond acceptors (Lipinski definition) is 4. The molecule has 0 saturated carbocycles. The number of phenols is 1. The van der Waals surface area contributed by atoms with E-state index in [2.05, 4.69) is 0 Å². The minimum atomic E-state index is -0.236. The molecule has 0 saturated heterocycles. The highest BCUT2D eigenvalue weighted by Gasteiger charge is 2.18. The molecule has 0 heterocycles. The van der Waals surface area contributed by atoms with Crippen LogP contribution >= 0.6 is 0 Å². The predicted octanol–water partition coefficient (Wildman–Crippen LogP) is 2.69. The van der Waals surface area contributed by atoms with Gasteiger partial charge in [-0.2, -0.15) is 0 Å². The van der Waals surface area contributed by atoms with Crippen LogP contribution in [0.1, 0.15) is 10.4 Å². The average Bonchev–Trinajstić information content (AvgIpc) is 2.52. The van der Waals surface area contributed by atoms with Crippen LogP contribution in [-0.4, -0.2) is 32.3 Å². The Morgan fingerprint density at radius 1 is 1.10 bits per heavy atom. The number of benzene rings is 2. The molecule has 2 rings (SSSR count). The molecule has 5 nitrogen and oxygen atoms in total. The second kappa shape index (κ2) is 6.17. The highest BCUT2D eigenvalue weighted by molar-refractivity contribution is 6.07. The monoisotopic (exact) mass is 287 g/mol. The summed E-state index contributed by atoms with van der Waals surface area (Å²) in [5.41, 5.74) is 1.02. The number of hydrogen-bond donors (Lipinski definition) is 1. The molecule has 5 heteroatoms. The number of phenolic OH excluding ortho intramolecular Hbond substituents is 1. The number of methoxy groups -OCH3 is 2. The van der Waals surface area contributed by atoms with E-state index in [1.165, 1.54) is 18.1 Å². The molecule has 0 aromatic heterocycles. The zero-order valence-corrected chi connectivity index (χ0v) is 12.2. The summed E-state index contributed by atoms with van der Waals surface area (Å²) in [6.45, 7) is 0. The lowest BCUT2D eigenvalue weighted by Gasteiger charge is -2.19. The summed E-state index contributed by atoms with van der Waals surface area (Å²) in [6.07, 6.45) is 0. The molecular formula is C16H17NO4. The lowest BCUT2D eigenvalue weighted by molar-refractivity contribution is 0.0990. The fourth-order valence-electron chi connectivity index (χ4n) is 1.97. The molecule has 0 spiro atoms. The van der Waals surface area contributed by atoms with Crippen molar-refractivity contribution in [2.75, 3.05) is 26.2 Å². The SMILES string of the molecule is COc1ccc(C(=O)N(C)c2cccc(O)c2)c(OC)c1. The number of aromatic hydroxyl groups is 1. The number of amides is 1. The Morgan fingerprint density at radius 2 is 1.86 bits per heavy atom. The van der Waals surface area contributed by atoms with Gasteiger partial charge in [0.2, 0.25) is 0 Å². The Kier molecular flexibility index (Phi) is 4.33. The van der Waals surface area contributed by atoms with Gasteiger partial charge in [-0.1, -0.05) is 6.07 Å². The van der Waals surface area contributed by atoms with Crippen molar-refractivity contribution in [3.8, 4) is 17.2 Å². The van der Waals surface area contributed by atoms with Crippen molar-refractivity contribution in [2.45, 2.75) is 0 Å². The van der Waals surface area contributed by atoms with Crippen molar-refractivity contribution in [3.63, 3.8) is 0 Å². The summed E-state index contributed by atoms with van der Waals surface area (Å²) in [7, 11) is 4.69. The summed E-state index contributed by atoms with van der Waals surface area (Å²) in [4.78, 5) is 14.0. The molecule has 0 radical (unpaired) electrons. The first-order chi connectivity index (χ1) is 10.1. The number of rotatable bonds is 4. The minimum absolute atomic E-state index is 0.105. The van der Waals surface area contributed by atoms with Crippen LogP contribution in [0.4, 0.5) is 5.69 Å². The molecule has 2 aromatic rings. The number of nitrogens with zero attached hydrogens (tertiary/aromatic N) is 1. The van der Waals surface area contributed by atoms with Crippen LogP contribution in [0.5, 0.6) is 17.2 Å². The Labute approximate surface area is 123 Å². The maximum absolute atomic E-state index is 12.6. The molecule has 1 N–H and O–H groups in total. The van der Waals surface area contributed by atoms with Gasteiger partial charge in [0.15, 0.2) is 0 Å². The summed E-state index contributed by atoms with van der Waals surface area (Å²) in [5, 5.41) is 9.50. The molecule has 0 aliphatic rings. The number of carbonyl (C=O) groups is 1. The normalized spacial score (nSPS) is 10.0. The van der Waals surface area contributed by atoms with Crippen molar-refractivity contribution in [1.29, 1.82) is 0 Å². The van der Waals surface area contributed by atoms with Crippen molar-refractivity contribution < 1.29 is 19.4 Å². The molecule has 0 atom stereocenters. The lowest BCUT2D eigenvalue weighted by Crippen LogP contribution is -2.26. The molecule has 0 aliphatic heterocycles. The van der Waals surface area contributed by atoms with Crippen LogP contribution in [-0.2, 0) is 0 Å². The van der Waals surface area contributed by atoms with Gasteiger partial charge in [0.1, 0.15) is 17.2 Å².